The molecule has 3 amide bonds. The van der Waals surface area contributed by atoms with Crippen molar-refractivity contribution in [2.75, 3.05) is 13.1 Å². The summed E-state index contributed by atoms with van der Waals surface area (Å²) < 4.78 is 11.6. The van der Waals surface area contributed by atoms with Crippen LogP contribution in [0.3, 0.4) is 0 Å². The number of carbonyl (C=O) groups is 3. The highest BCUT2D eigenvalue weighted by molar-refractivity contribution is 5.79. The van der Waals surface area contributed by atoms with Crippen LogP contribution in [0.2, 0.25) is 0 Å². The summed E-state index contributed by atoms with van der Waals surface area (Å²) in [6.45, 7) is 19.2. The van der Waals surface area contributed by atoms with E-state index in [1.54, 1.807) is 5.57 Å². The van der Waals surface area contributed by atoms with E-state index in [0.717, 1.165) is 60.0 Å². The summed E-state index contributed by atoms with van der Waals surface area (Å²) >= 11 is 0. The fourth-order valence-electron chi connectivity index (χ4n) is 13.5. The molecule has 0 aliphatic heterocycles. The van der Waals surface area contributed by atoms with Crippen LogP contribution < -0.4 is 11.1 Å². The number of primary amides is 1. The Kier molecular flexibility index (Phi) is 13.7. The first kappa shape index (κ1) is 45.2. The van der Waals surface area contributed by atoms with E-state index in [-0.39, 0.29) is 35.8 Å². The van der Waals surface area contributed by atoms with E-state index in [0.29, 0.717) is 37.3 Å². The average Bonchev–Trinajstić information content (AvgIpc) is 3.71. The lowest BCUT2D eigenvalue weighted by Crippen LogP contribution is -2.53. The zero-order valence-electron chi connectivity index (χ0n) is 38.8. The second-order valence-electron chi connectivity index (χ2n) is 21.8. The highest BCUT2D eigenvalue weighted by atomic mass is 16.6. The van der Waals surface area contributed by atoms with Gasteiger partial charge in [-0.25, -0.2) is 9.59 Å². The molecule has 9 atom stereocenters. The van der Waals surface area contributed by atoms with Gasteiger partial charge in [0.15, 0.2) is 0 Å². The van der Waals surface area contributed by atoms with Gasteiger partial charge in [0.05, 0.1) is 6.42 Å². The Hall–Kier alpha value is -3.81. The number of nitrogens with two attached hydrogens (primary N) is 1. The molecule has 3 N–H and O–H groups in total. The van der Waals surface area contributed by atoms with Crippen molar-refractivity contribution in [1.29, 1.82) is 0 Å². The molecule has 5 aliphatic carbocycles. The molecule has 3 saturated carbocycles. The molecule has 2 aromatic rings. The maximum Gasteiger partial charge on any atom is 0.410 e. The van der Waals surface area contributed by atoms with Crippen molar-refractivity contribution in [3.05, 3.63) is 71.3 Å². The number of allylic oxidation sites excluding steroid dienone is 1. The molecule has 3 fully saturated rings. The van der Waals surface area contributed by atoms with E-state index < -0.39 is 17.8 Å². The Balaban J connectivity index is 0.967. The molecule has 0 spiro atoms. The molecule has 334 valence electrons. The lowest BCUT2D eigenvalue weighted by atomic mass is 9.46. The molecular weight excluding hydrogens is 759 g/mol. The normalized spacial score (nSPS) is 28.9. The Morgan fingerprint density at radius 1 is 0.885 bits per heavy atom. The number of hydrogen-bond donors (Lipinski definition) is 2. The van der Waals surface area contributed by atoms with E-state index in [2.05, 4.69) is 70.3 Å². The van der Waals surface area contributed by atoms with Gasteiger partial charge in [-0.05, 0) is 154 Å². The minimum Gasteiger partial charge on any atom is -0.446 e. The number of benzene rings is 2. The number of nitrogens with zero attached hydrogens (tertiary/aromatic N) is 1. The van der Waals surface area contributed by atoms with Crippen LogP contribution in [0, 0.1) is 46.3 Å². The Bertz CT molecular complexity index is 1870. The molecule has 61 heavy (non-hydrogen) atoms. The van der Waals surface area contributed by atoms with Crippen molar-refractivity contribution in [3.8, 4) is 11.1 Å². The van der Waals surface area contributed by atoms with Crippen LogP contribution in [0.25, 0.3) is 11.1 Å². The third-order valence-electron chi connectivity index (χ3n) is 16.4. The first-order valence-electron chi connectivity index (χ1n) is 24.1. The summed E-state index contributed by atoms with van der Waals surface area (Å²) in [5.41, 5.74) is 11.8. The van der Waals surface area contributed by atoms with Gasteiger partial charge in [-0.1, -0.05) is 114 Å². The zero-order valence-corrected chi connectivity index (χ0v) is 38.8. The number of fused-ring (bicyclic) bond motifs is 8. The fourth-order valence-corrected chi connectivity index (χ4v) is 13.5. The van der Waals surface area contributed by atoms with E-state index in [4.69, 9.17) is 15.2 Å². The highest BCUT2D eigenvalue weighted by Gasteiger charge is 2.59. The predicted octanol–water partition coefficient (Wildman–Crippen LogP) is 12.2. The molecular formula is C53H77N3O5. The van der Waals surface area contributed by atoms with Crippen LogP contribution in [0.15, 0.2) is 60.2 Å². The third-order valence-corrected chi connectivity index (χ3v) is 16.4. The number of rotatable bonds is 15. The van der Waals surface area contributed by atoms with Gasteiger partial charge in [0.2, 0.25) is 5.91 Å². The van der Waals surface area contributed by atoms with E-state index >= 15 is 0 Å². The maximum absolute atomic E-state index is 13.9. The highest BCUT2D eigenvalue weighted by Crippen LogP contribution is 2.67. The summed E-state index contributed by atoms with van der Waals surface area (Å²) in [6, 6.07) is 16.6. The van der Waals surface area contributed by atoms with E-state index in [1.165, 1.54) is 62.5 Å². The third kappa shape index (κ3) is 9.74. The van der Waals surface area contributed by atoms with Gasteiger partial charge in [0, 0.05) is 25.0 Å². The quantitative estimate of drug-likeness (QED) is 0.137. The van der Waals surface area contributed by atoms with Gasteiger partial charge < -0.3 is 25.4 Å². The summed E-state index contributed by atoms with van der Waals surface area (Å²) in [5, 5.41) is 3.06. The topological polar surface area (TPSA) is 111 Å². The van der Waals surface area contributed by atoms with Gasteiger partial charge in [-0.2, -0.15) is 0 Å². The van der Waals surface area contributed by atoms with Gasteiger partial charge in [-0.3, -0.25) is 4.79 Å². The summed E-state index contributed by atoms with van der Waals surface area (Å²) in [5.74, 6) is 4.53. The van der Waals surface area contributed by atoms with Gasteiger partial charge in [0.1, 0.15) is 11.7 Å². The Morgan fingerprint density at radius 3 is 2.23 bits per heavy atom. The van der Waals surface area contributed by atoms with E-state index in [1.807, 2.05) is 49.9 Å². The van der Waals surface area contributed by atoms with Gasteiger partial charge in [0.25, 0.3) is 0 Å². The number of carbonyl (C=O) groups excluding carboxylic acids is 3. The van der Waals surface area contributed by atoms with Crippen molar-refractivity contribution in [1.82, 2.24) is 10.2 Å². The molecule has 8 heteroatoms. The van der Waals surface area contributed by atoms with Crippen molar-refractivity contribution in [2.45, 2.75) is 169 Å². The van der Waals surface area contributed by atoms with Crippen molar-refractivity contribution in [3.63, 3.8) is 0 Å². The van der Waals surface area contributed by atoms with Crippen molar-refractivity contribution in [2.24, 2.45) is 52.1 Å². The molecule has 5 aliphatic rings. The van der Waals surface area contributed by atoms with Gasteiger partial charge >= 0.3 is 12.2 Å². The van der Waals surface area contributed by atoms with Crippen LogP contribution in [0.5, 0.6) is 0 Å². The standard InChI is InChI=1S/C53H77N3O5/c1-34(2)15-13-16-35(3)45-23-24-46-43-22-21-36-31-37(25-27-52(36,7)47(43)26-28-53(45,46)8)56(50(59)61-51(4,5)6)30-14-29-55-48(57)33-38(60-49(54)58)32-44-41-19-11-9-17-39(41)40-18-10-12-20-42(40)44/h9-12,17-21,34-35,37-38,43-47H,13-16,22-33H2,1-8H3,(H2,54,58)(H,55,57)/t35-,37+,38?,43?,45-,46?,47?,52+,53-/m1/s1. The van der Waals surface area contributed by atoms with Gasteiger partial charge in [-0.15, -0.1) is 0 Å². The molecule has 0 radical (unpaired) electrons. The lowest BCUT2D eigenvalue weighted by molar-refractivity contribution is -0.123. The molecule has 8 nitrogen and oxygen atoms in total. The first-order chi connectivity index (χ1) is 29.0. The van der Waals surface area contributed by atoms with Crippen LogP contribution >= 0.6 is 0 Å². The minimum absolute atomic E-state index is 0.00899. The summed E-state index contributed by atoms with van der Waals surface area (Å²) in [4.78, 5) is 41.3. The molecule has 0 bridgehead atoms. The second kappa shape index (κ2) is 18.5. The van der Waals surface area contributed by atoms with Crippen LogP contribution in [0.4, 0.5) is 9.59 Å². The molecule has 4 unspecified atom stereocenters. The first-order valence-corrected chi connectivity index (χ1v) is 24.1. The molecule has 2 aromatic carbocycles. The smallest absolute Gasteiger partial charge is 0.410 e. The van der Waals surface area contributed by atoms with Crippen LogP contribution in [-0.2, 0) is 14.3 Å². The van der Waals surface area contributed by atoms with Crippen LogP contribution in [-0.4, -0.2) is 53.8 Å². The largest absolute Gasteiger partial charge is 0.446 e. The summed E-state index contributed by atoms with van der Waals surface area (Å²) in [7, 11) is 0. The second-order valence-corrected chi connectivity index (χ2v) is 21.8. The number of hydrogen-bond acceptors (Lipinski definition) is 5. The molecule has 7 rings (SSSR count). The van der Waals surface area contributed by atoms with E-state index in [9.17, 15) is 14.4 Å². The van der Waals surface area contributed by atoms with Crippen molar-refractivity contribution < 1.29 is 23.9 Å². The number of nitrogens with one attached hydrogen (secondary N) is 1. The van der Waals surface area contributed by atoms with Crippen molar-refractivity contribution >= 4 is 18.1 Å². The number of amides is 3. The lowest BCUT2D eigenvalue weighted by Gasteiger charge is -2.59. The molecule has 0 aromatic heterocycles. The SMILES string of the molecule is CC(C)CCC[C@@H](C)[C@H]1CCC2C3CC=C4C[C@@H](N(CCCNC(=O)CC(CC5c6ccccc6-c6ccccc65)OC(N)=O)C(=O)OC(C)(C)C)CC[C@]4(C)C3CC[C@@]21C. The Labute approximate surface area is 367 Å². The zero-order chi connectivity index (χ0) is 43.7. The molecule has 0 heterocycles. The fraction of sp³-hybridized carbons (Fsp3) is 0.679. The average molecular weight is 836 g/mol. The predicted molar refractivity (Wildman–Crippen MR) is 245 cm³/mol. The maximum atomic E-state index is 13.9. The monoisotopic (exact) mass is 836 g/mol. The Morgan fingerprint density at radius 2 is 1.57 bits per heavy atom. The summed E-state index contributed by atoms with van der Waals surface area (Å²) in [6.07, 6.45) is 15.5. The number of ether oxygens (including phenoxy) is 2. The molecule has 0 saturated heterocycles. The minimum atomic E-state index is -0.885. The van der Waals surface area contributed by atoms with Crippen LogP contribution in [0.1, 0.15) is 162 Å².